The van der Waals surface area contributed by atoms with Crippen LogP contribution in [0.2, 0.25) is 0 Å². The summed E-state index contributed by atoms with van der Waals surface area (Å²) >= 11 is 1.36. The molecular formula is C16H17N3OS. The molecule has 0 radical (unpaired) electrons. The van der Waals surface area contributed by atoms with Crippen LogP contribution in [0.3, 0.4) is 0 Å². The molecule has 0 fully saturated rings. The van der Waals surface area contributed by atoms with Crippen molar-refractivity contribution >= 4 is 28.6 Å². The zero-order valence-electron chi connectivity index (χ0n) is 12.0. The van der Waals surface area contributed by atoms with Crippen LogP contribution < -0.4 is 16.0 Å². The Morgan fingerprint density at radius 2 is 2.14 bits per heavy atom. The van der Waals surface area contributed by atoms with E-state index in [4.69, 9.17) is 5.73 Å². The lowest BCUT2D eigenvalue weighted by Crippen LogP contribution is -2.12. The molecule has 1 aromatic carbocycles. The van der Waals surface area contributed by atoms with Crippen molar-refractivity contribution < 1.29 is 4.79 Å². The third-order valence-corrected chi connectivity index (χ3v) is 3.76. The summed E-state index contributed by atoms with van der Waals surface area (Å²) in [5, 5.41) is 2.89. The molecule has 4 nitrogen and oxygen atoms in total. The number of nitrogens with two attached hydrogens (primary N) is 1. The molecule has 0 unspecified atom stereocenters. The maximum Gasteiger partial charge on any atom is 0.265 e. The van der Waals surface area contributed by atoms with Crippen LogP contribution in [-0.4, -0.2) is 26.5 Å². The van der Waals surface area contributed by atoms with Crippen molar-refractivity contribution in [1.29, 1.82) is 0 Å². The monoisotopic (exact) mass is 299 g/mol. The summed E-state index contributed by atoms with van der Waals surface area (Å²) in [5.74, 6) is 5.57. The van der Waals surface area contributed by atoms with E-state index >= 15 is 0 Å². The van der Waals surface area contributed by atoms with E-state index in [1.165, 1.54) is 11.3 Å². The topological polar surface area (TPSA) is 58.4 Å². The highest BCUT2D eigenvalue weighted by atomic mass is 32.1. The van der Waals surface area contributed by atoms with E-state index in [0.717, 1.165) is 16.3 Å². The van der Waals surface area contributed by atoms with Crippen LogP contribution in [0.5, 0.6) is 0 Å². The number of nitrogens with one attached hydrogen (secondary N) is 1. The summed E-state index contributed by atoms with van der Waals surface area (Å²) < 4.78 is 0. The Hall–Kier alpha value is -2.29. The lowest BCUT2D eigenvalue weighted by Gasteiger charge is -2.13. The zero-order chi connectivity index (χ0) is 15.2. The van der Waals surface area contributed by atoms with Gasteiger partial charge in [0.2, 0.25) is 0 Å². The fourth-order valence-electron chi connectivity index (χ4n) is 1.72. The van der Waals surface area contributed by atoms with Gasteiger partial charge in [0, 0.05) is 25.5 Å². The number of hydrogen-bond donors (Lipinski definition) is 2. The van der Waals surface area contributed by atoms with E-state index in [0.29, 0.717) is 11.4 Å². The third-order valence-electron chi connectivity index (χ3n) is 2.76. The lowest BCUT2D eigenvalue weighted by atomic mass is 10.2. The molecule has 0 aliphatic rings. The molecule has 2 rings (SSSR count). The first-order valence-corrected chi connectivity index (χ1v) is 7.29. The predicted octanol–water partition coefficient (Wildman–Crippen LogP) is 2.38. The number of thiophene rings is 1. The van der Waals surface area contributed by atoms with Crippen LogP contribution in [0.25, 0.3) is 0 Å². The molecule has 3 N–H and O–H groups in total. The Morgan fingerprint density at radius 1 is 1.33 bits per heavy atom. The largest absolute Gasteiger partial charge is 0.378 e. The molecule has 0 saturated carbocycles. The molecule has 0 saturated heterocycles. The van der Waals surface area contributed by atoms with Gasteiger partial charge in [-0.1, -0.05) is 17.9 Å². The number of hydrogen-bond acceptors (Lipinski definition) is 4. The van der Waals surface area contributed by atoms with Gasteiger partial charge in [0.25, 0.3) is 5.91 Å². The third kappa shape index (κ3) is 4.09. The van der Waals surface area contributed by atoms with Gasteiger partial charge in [0.1, 0.15) is 0 Å². The molecule has 0 spiro atoms. The quantitative estimate of drug-likeness (QED) is 0.856. The maximum atomic E-state index is 12.2. The molecule has 0 aliphatic heterocycles. The molecule has 1 aromatic heterocycles. The van der Waals surface area contributed by atoms with Crippen LogP contribution in [0.4, 0.5) is 11.4 Å². The number of amides is 1. The standard InChI is InChI=1S/C16H17N3OS/c1-19(2)13-6-3-5-12(11-13)18-16(20)15-9-8-14(21-15)7-4-10-17/h3,5-6,8-9,11H,10,17H2,1-2H3,(H,18,20). The summed E-state index contributed by atoms with van der Waals surface area (Å²) in [6.07, 6.45) is 0. The number of carbonyl (C=O) groups is 1. The molecule has 0 bridgehead atoms. The zero-order valence-corrected chi connectivity index (χ0v) is 12.8. The summed E-state index contributed by atoms with van der Waals surface area (Å²) in [6, 6.07) is 11.3. The molecule has 0 aliphatic carbocycles. The Morgan fingerprint density at radius 3 is 2.86 bits per heavy atom. The number of carbonyl (C=O) groups excluding carboxylic acids is 1. The Labute approximate surface area is 128 Å². The fourth-order valence-corrected chi connectivity index (χ4v) is 2.50. The summed E-state index contributed by atoms with van der Waals surface area (Å²) in [6.45, 7) is 0.316. The molecule has 108 valence electrons. The summed E-state index contributed by atoms with van der Waals surface area (Å²) in [7, 11) is 3.92. The van der Waals surface area contributed by atoms with Crippen molar-refractivity contribution in [2.45, 2.75) is 0 Å². The smallest absolute Gasteiger partial charge is 0.265 e. The van der Waals surface area contributed by atoms with Gasteiger partial charge < -0.3 is 16.0 Å². The molecule has 0 atom stereocenters. The Bertz CT molecular complexity index is 695. The van der Waals surface area contributed by atoms with Gasteiger partial charge >= 0.3 is 0 Å². The molecule has 1 heterocycles. The molecular weight excluding hydrogens is 282 g/mol. The fraction of sp³-hybridized carbons (Fsp3) is 0.188. The van der Waals surface area contributed by atoms with E-state index in [1.807, 2.05) is 49.3 Å². The van der Waals surface area contributed by atoms with E-state index in [-0.39, 0.29) is 5.91 Å². The van der Waals surface area contributed by atoms with Crippen molar-refractivity contribution in [2.24, 2.45) is 5.73 Å². The maximum absolute atomic E-state index is 12.2. The van der Waals surface area contributed by atoms with Gasteiger partial charge in [0.15, 0.2) is 0 Å². The Balaban J connectivity index is 2.11. The van der Waals surface area contributed by atoms with E-state index in [1.54, 1.807) is 6.07 Å². The minimum Gasteiger partial charge on any atom is -0.378 e. The van der Waals surface area contributed by atoms with Gasteiger partial charge in [-0.25, -0.2) is 0 Å². The van der Waals surface area contributed by atoms with Crippen molar-refractivity contribution in [1.82, 2.24) is 0 Å². The van der Waals surface area contributed by atoms with E-state index in [2.05, 4.69) is 17.2 Å². The second-order valence-corrected chi connectivity index (χ2v) is 5.65. The van der Waals surface area contributed by atoms with Crippen molar-refractivity contribution in [3.05, 3.63) is 46.2 Å². The van der Waals surface area contributed by atoms with Crippen molar-refractivity contribution in [2.75, 3.05) is 30.9 Å². The normalized spacial score (nSPS) is 9.67. The highest BCUT2D eigenvalue weighted by molar-refractivity contribution is 7.14. The van der Waals surface area contributed by atoms with Crippen LogP contribution in [0, 0.1) is 11.8 Å². The first-order valence-electron chi connectivity index (χ1n) is 6.47. The molecule has 1 amide bonds. The van der Waals surface area contributed by atoms with Crippen LogP contribution in [0.1, 0.15) is 14.5 Å². The second kappa shape index (κ2) is 6.93. The summed E-state index contributed by atoms with van der Waals surface area (Å²) in [4.78, 5) is 15.7. The molecule has 5 heteroatoms. The first-order chi connectivity index (χ1) is 10.1. The average molecular weight is 299 g/mol. The van der Waals surface area contributed by atoms with Gasteiger partial charge in [-0.05, 0) is 30.3 Å². The first kappa shape index (κ1) is 15.1. The van der Waals surface area contributed by atoms with Gasteiger partial charge in [0.05, 0.1) is 16.3 Å². The average Bonchev–Trinajstić information content (AvgIpc) is 2.94. The number of anilines is 2. The van der Waals surface area contributed by atoms with Gasteiger partial charge in [-0.3, -0.25) is 4.79 Å². The highest BCUT2D eigenvalue weighted by Gasteiger charge is 2.09. The van der Waals surface area contributed by atoms with E-state index in [9.17, 15) is 4.79 Å². The number of nitrogens with zero attached hydrogens (tertiary/aromatic N) is 1. The minimum atomic E-state index is -0.128. The number of benzene rings is 1. The summed E-state index contributed by atoms with van der Waals surface area (Å²) in [5.41, 5.74) is 7.14. The van der Waals surface area contributed by atoms with Gasteiger partial charge in [-0.15, -0.1) is 11.3 Å². The Kier molecular flexibility index (Phi) is 4.99. The second-order valence-electron chi connectivity index (χ2n) is 4.57. The predicted molar refractivity (Wildman–Crippen MR) is 89.0 cm³/mol. The SMILES string of the molecule is CN(C)c1cccc(NC(=O)c2ccc(C#CCN)s2)c1. The van der Waals surface area contributed by atoms with Crippen molar-refractivity contribution in [3.63, 3.8) is 0 Å². The lowest BCUT2D eigenvalue weighted by molar-refractivity contribution is 0.103. The van der Waals surface area contributed by atoms with Gasteiger partial charge in [-0.2, -0.15) is 0 Å². The van der Waals surface area contributed by atoms with Crippen LogP contribution in [0.15, 0.2) is 36.4 Å². The molecule has 2 aromatic rings. The number of rotatable bonds is 3. The van der Waals surface area contributed by atoms with Crippen LogP contribution in [-0.2, 0) is 0 Å². The van der Waals surface area contributed by atoms with Crippen LogP contribution >= 0.6 is 11.3 Å². The molecule has 21 heavy (non-hydrogen) atoms. The minimum absolute atomic E-state index is 0.128. The van der Waals surface area contributed by atoms with Crippen molar-refractivity contribution in [3.8, 4) is 11.8 Å². The van der Waals surface area contributed by atoms with E-state index < -0.39 is 0 Å². The highest BCUT2D eigenvalue weighted by Crippen LogP contribution is 2.20.